The van der Waals surface area contributed by atoms with Crippen LogP contribution in [0.3, 0.4) is 0 Å². The van der Waals surface area contributed by atoms with Crippen LogP contribution in [0.25, 0.3) is 27.3 Å². The average molecular weight is 436 g/mol. The molecule has 0 atom stereocenters. The molecule has 0 saturated heterocycles. The molecule has 0 bridgehead atoms. The molecule has 150 valence electrons. The first kappa shape index (κ1) is 19.4. The third kappa shape index (κ3) is 4.26. The van der Waals surface area contributed by atoms with E-state index in [0.717, 1.165) is 28.0 Å². The molecule has 0 amide bonds. The summed E-state index contributed by atoms with van der Waals surface area (Å²) in [5, 5.41) is 8.99. The van der Waals surface area contributed by atoms with E-state index in [2.05, 4.69) is 14.8 Å². The first-order valence-corrected chi connectivity index (χ1v) is 10.6. The third-order valence-electron chi connectivity index (χ3n) is 3.91. The SMILES string of the molecule is CC(F)(F)Oc1cccc(-c2ccc(-c3cn4nc(S(N)(=O)=O)sc4n3)cc2)c1. The summed E-state index contributed by atoms with van der Waals surface area (Å²) in [4.78, 5) is 4.77. The molecule has 2 heterocycles. The van der Waals surface area contributed by atoms with Crippen LogP contribution >= 0.6 is 11.3 Å². The molecule has 7 nitrogen and oxygen atoms in total. The summed E-state index contributed by atoms with van der Waals surface area (Å²) in [6.45, 7) is 0.685. The highest BCUT2D eigenvalue weighted by molar-refractivity contribution is 7.91. The van der Waals surface area contributed by atoms with E-state index in [1.54, 1.807) is 18.3 Å². The van der Waals surface area contributed by atoms with Gasteiger partial charge in [-0.1, -0.05) is 47.7 Å². The summed E-state index contributed by atoms with van der Waals surface area (Å²) < 4.78 is 54.6. The van der Waals surface area contributed by atoms with Crippen molar-refractivity contribution in [3.8, 4) is 28.1 Å². The molecule has 2 N–H and O–H groups in total. The number of nitrogens with zero attached hydrogens (tertiary/aromatic N) is 3. The Morgan fingerprint density at radius 1 is 1.10 bits per heavy atom. The van der Waals surface area contributed by atoms with E-state index in [-0.39, 0.29) is 10.1 Å². The van der Waals surface area contributed by atoms with E-state index in [0.29, 0.717) is 17.6 Å². The second-order valence-corrected chi connectivity index (χ2v) is 8.97. The molecule has 0 aliphatic carbocycles. The number of alkyl halides is 2. The number of hydrogen-bond donors (Lipinski definition) is 1. The largest absolute Gasteiger partial charge is 0.433 e. The van der Waals surface area contributed by atoms with Crippen molar-refractivity contribution < 1.29 is 21.9 Å². The Bertz CT molecular complexity index is 1260. The minimum Gasteiger partial charge on any atom is -0.433 e. The Balaban J connectivity index is 1.60. The predicted molar refractivity (Wildman–Crippen MR) is 104 cm³/mol. The normalized spacial score (nSPS) is 12.4. The van der Waals surface area contributed by atoms with Gasteiger partial charge in [0.2, 0.25) is 9.30 Å². The summed E-state index contributed by atoms with van der Waals surface area (Å²) in [6, 6.07) is 13.7. The van der Waals surface area contributed by atoms with Crippen molar-refractivity contribution in [3.63, 3.8) is 0 Å². The zero-order valence-corrected chi connectivity index (χ0v) is 16.5. The molecule has 2 aromatic heterocycles. The molecule has 4 aromatic rings. The molecule has 2 aromatic carbocycles. The first-order chi connectivity index (χ1) is 13.6. The number of ether oxygens (including phenoxy) is 1. The number of imidazole rings is 1. The van der Waals surface area contributed by atoms with E-state index < -0.39 is 16.1 Å². The van der Waals surface area contributed by atoms with Gasteiger partial charge in [0, 0.05) is 12.5 Å². The van der Waals surface area contributed by atoms with E-state index in [4.69, 9.17) is 5.14 Å². The number of benzene rings is 2. The topological polar surface area (TPSA) is 99.6 Å². The highest BCUT2D eigenvalue weighted by Gasteiger charge is 2.23. The Morgan fingerprint density at radius 3 is 2.41 bits per heavy atom. The van der Waals surface area contributed by atoms with E-state index in [1.165, 1.54) is 16.6 Å². The summed E-state index contributed by atoms with van der Waals surface area (Å²) in [7, 11) is -3.87. The van der Waals surface area contributed by atoms with Crippen LogP contribution in [0.15, 0.2) is 59.1 Å². The maximum atomic E-state index is 13.1. The van der Waals surface area contributed by atoms with E-state index in [1.807, 2.05) is 24.3 Å². The van der Waals surface area contributed by atoms with Crippen molar-refractivity contribution in [1.29, 1.82) is 0 Å². The molecular formula is C18H14F2N4O3S2. The lowest BCUT2D eigenvalue weighted by molar-refractivity contribution is -0.158. The molecule has 0 aliphatic rings. The van der Waals surface area contributed by atoms with Crippen molar-refractivity contribution in [2.45, 2.75) is 17.4 Å². The number of nitrogens with two attached hydrogens (primary N) is 1. The van der Waals surface area contributed by atoms with Crippen LogP contribution in [-0.2, 0) is 10.0 Å². The Kier molecular flexibility index (Phi) is 4.60. The quantitative estimate of drug-likeness (QED) is 0.513. The smallest absolute Gasteiger partial charge is 0.394 e. The fourth-order valence-corrected chi connectivity index (χ4v) is 4.22. The van der Waals surface area contributed by atoms with Crippen LogP contribution in [0.2, 0.25) is 0 Å². The maximum Gasteiger partial charge on any atom is 0.394 e. The lowest BCUT2D eigenvalue weighted by atomic mass is 10.0. The molecule has 29 heavy (non-hydrogen) atoms. The van der Waals surface area contributed by atoms with Gasteiger partial charge in [-0.3, -0.25) is 0 Å². The number of halogens is 2. The average Bonchev–Trinajstić information content (AvgIpc) is 3.19. The zero-order valence-electron chi connectivity index (χ0n) is 14.9. The molecule has 0 aliphatic heterocycles. The number of primary sulfonamides is 1. The van der Waals surface area contributed by atoms with Crippen LogP contribution in [0.1, 0.15) is 6.92 Å². The summed E-state index contributed by atoms with van der Waals surface area (Å²) in [6.07, 6.45) is -1.65. The van der Waals surface area contributed by atoms with Crippen LogP contribution in [0, 0.1) is 0 Å². The maximum absolute atomic E-state index is 13.1. The standard InChI is InChI=1S/C18H14F2N4O3S2/c1-18(19,20)27-14-4-2-3-13(9-14)11-5-7-12(8-6-11)15-10-24-16(22-15)28-17(23-24)29(21,25)26/h2-10H,1H3,(H2,21,25,26). The van der Waals surface area contributed by atoms with Gasteiger partial charge in [0.25, 0.3) is 10.0 Å². The third-order valence-corrected chi connectivity index (χ3v) is 6.15. The number of hydrogen-bond acceptors (Lipinski definition) is 6. The van der Waals surface area contributed by atoms with Crippen LogP contribution in [-0.4, -0.2) is 29.1 Å². The number of aromatic nitrogens is 3. The predicted octanol–water partition coefficient (Wildman–Crippen LogP) is 3.76. The van der Waals surface area contributed by atoms with Crippen molar-refractivity contribution in [2.24, 2.45) is 5.14 Å². The van der Waals surface area contributed by atoms with Gasteiger partial charge in [0.15, 0.2) is 0 Å². The lowest BCUT2D eigenvalue weighted by Gasteiger charge is -2.13. The minimum absolute atomic E-state index is 0.0742. The second-order valence-electron chi connectivity index (χ2n) is 6.28. The van der Waals surface area contributed by atoms with Gasteiger partial charge < -0.3 is 4.74 Å². The summed E-state index contributed by atoms with van der Waals surface area (Å²) >= 11 is 0.878. The highest BCUT2D eigenvalue weighted by Crippen LogP contribution is 2.29. The zero-order chi connectivity index (χ0) is 20.8. The number of rotatable bonds is 5. The first-order valence-electron chi connectivity index (χ1n) is 8.25. The van der Waals surface area contributed by atoms with Crippen LogP contribution in [0.5, 0.6) is 5.75 Å². The fourth-order valence-electron chi connectivity index (χ4n) is 2.72. The van der Waals surface area contributed by atoms with Gasteiger partial charge in [0.1, 0.15) is 5.75 Å². The fraction of sp³-hybridized carbons (Fsp3) is 0.111. The van der Waals surface area contributed by atoms with Gasteiger partial charge in [-0.25, -0.2) is 23.1 Å². The van der Waals surface area contributed by atoms with Gasteiger partial charge in [-0.05, 0) is 23.3 Å². The monoisotopic (exact) mass is 436 g/mol. The van der Waals surface area contributed by atoms with Crippen molar-refractivity contribution in [3.05, 3.63) is 54.7 Å². The lowest BCUT2D eigenvalue weighted by Crippen LogP contribution is -2.18. The number of fused-ring (bicyclic) bond motifs is 1. The Hall–Kier alpha value is -2.89. The summed E-state index contributed by atoms with van der Waals surface area (Å²) in [5.74, 6) is 0.0742. The molecule has 4 rings (SSSR count). The number of sulfonamides is 1. The van der Waals surface area contributed by atoms with Gasteiger partial charge in [0.05, 0.1) is 11.9 Å². The van der Waals surface area contributed by atoms with E-state index in [9.17, 15) is 17.2 Å². The highest BCUT2D eigenvalue weighted by atomic mass is 32.2. The van der Waals surface area contributed by atoms with Gasteiger partial charge in [-0.15, -0.1) is 5.10 Å². The molecule has 0 unspecified atom stereocenters. The van der Waals surface area contributed by atoms with E-state index >= 15 is 0 Å². The minimum atomic E-state index is -3.87. The van der Waals surface area contributed by atoms with Crippen LogP contribution < -0.4 is 9.88 Å². The van der Waals surface area contributed by atoms with Gasteiger partial charge in [-0.2, -0.15) is 8.78 Å². The molecule has 0 fully saturated rings. The van der Waals surface area contributed by atoms with Crippen molar-refractivity contribution >= 4 is 26.3 Å². The molecule has 0 saturated carbocycles. The second kappa shape index (κ2) is 6.87. The summed E-state index contributed by atoms with van der Waals surface area (Å²) in [5.41, 5.74) is 2.94. The Labute approximate surface area is 168 Å². The van der Waals surface area contributed by atoms with Crippen molar-refractivity contribution in [2.75, 3.05) is 0 Å². The molecule has 0 radical (unpaired) electrons. The van der Waals surface area contributed by atoms with Gasteiger partial charge >= 0.3 is 6.11 Å². The molecular weight excluding hydrogens is 422 g/mol. The Morgan fingerprint density at radius 2 is 1.79 bits per heavy atom. The molecule has 11 heteroatoms. The van der Waals surface area contributed by atoms with Crippen LogP contribution in [0.4, 0.5) is 8.78 Å². The molecule has 0 spiro atoms. The van der Waals surface area contributed by atoms with Crippen molar-refractivity contribution in [1.82, 2.24) is 14.6 Å².